The summed E-state index contributed by atoms with van der Waals surface area (Å²) in [6.07, 6.45) is -0.782. The van der Waals surface area contributed by atoms with Gasteiger partial charge in [0.1, 0.15) is 11.6 Å². The van der Waals surface area contributed by atoms with Gasteiger partial charge in [0.2, 0.25) is 0 Å². The Morgan fingerprint density at radius 2 is 2.00 bits per heavy atom. The van der Waals surface area contributed by atoms with E-state index in [0.29, 0.717) is 0 Å². The molecular weight excluding hydrogens is 320 g/mol. The van der Waals surface area contributed by atoms with Crippen LogP contribution in [0.15, 0.2) is 16.6 Å². The molecule has 0 aliphatic carbocycles. The Hall–Kier alpha value is -0.720. The first-order valence-corrected chi connectivity index (χ1v) is 6.69. The Balaban J connectivity index is 2.53. The molecule has 0 spiro atoms. The van der Waals surface area contributed by atoms with Gasteiger partial charge in [-0.05, 0) is 42.8 Å². The summed E-state index contributed by atoms with van der Waals surface area (Å²) in [5.74, 6) is -1.37. The summed E-state index contributed by atoms with van der Waals surface area (Å²) in [4.78, 5) is 0. The Morgan fingerprint density at radius 1 is 1.37 bits per heavy atom. The minimum absolute atomic E-state index is 0.108. The third kappa shape index (κ3) is 5.84. The number of benzene rings is 1. The van der Waals surface area contributed by atoms with Gasteiger partial charge in [0.25, 0.3) is 0 Å². The zero-order valence-electron chi connectivity index (χ0n) is 11.1. The third-order valence-electron chi connectivity index (χ3n) is 2.23. The Bertz CT molecular complexity index is 412. The van der Waals surface area contributed by atoms with E-state index in [4.69, 9.17) is 4.74 Å². The lowest BCUT2D eigenvalue weighted by Gasteiger charge is -2.22. The first kappa shape index (κ1) is 16.3. The molecule has 1 atom stereocenters. The van der Waals surface area contributed by atoms with Crippen LogP contribution in [0.1, 0.15) is 20.8 Å². The van der Waals surface area contributed by atoms with Crippen LogP contribution in [0, 0.1) is 11.6 Å². The molecule has 0 aliphatic rings. The summed E-state index contributed by atoms with van der Waals surface area (Å²) >= 11 is 3.06. The second-order valence-electron chi connectivity index (χ2n) is 5.20. The van der Waals surface area contributed by atoms with Gasteiger partial charge in [-0.25, -0.2) is 8.78 Å². The molecule has 0 radical (unpaired) electrons. The van der Waals surface area contributed by atoms with Crippen LogP contribution in [0.4, 0.5) is 14.5 Å². The van der Waals surface area contributed by atoms with E-state index in [1.54, 1.807) is 0 Å². The summed E-state index contributed by atoms with van der Waals surface area (Å²) in [7, 11) is 0. The van der Waals surface area contributed by atoms with E-state index in [1.807, 2.05) is 20.8 Å². The van der Waals surface area contributed by atoms with E-state index in [2.05, 4.69) is 21.2 Å². The Labute approximate surface area is 120 Å². The number of nitrogens with one attached hydrogen (secondary N) is 1. The predicted molar refractivity (Wildman–Crippen MR) is 74.3 cm³/mol. The van der Waals surface area contributed by atoms with Gasteiger partial charge >= 0.3 is 0 Å². The highest BCUT2D eigenvalue weighted by Gasteiger charge is 2.15. The first-order valence-electron chi connectivity index (χ1n) is 5.89. The van der Waals surface area contributed by atoms with Gasteiger partial charge in [-0.15, -0.1) is 0 Å². The normalized spacial score (nSPS) is 13.4. The number of aliphatic hydroxyl groups is 1. The molecule has 2 N–H and O–H groups in total. The molecule has 19 heavy (non-hydrogen) atoms. The maximum absolute atomic E-state index is 13.5. The van der Waals surface area contributed by atoms with Gasteiger partial charge in [0, 0.05) is 17.1 Å². The smallest absolute Gasteiger partial charge is 0.150 e. The summed E-state index contributed by atoms with van der Waals surface area (Å²) in [5.41, 5.74) is -0.223. The average Bonchev–Trinajstić information content (AvgIpc) is 2.23. The lowest BCUT2D eigenvalue weighted by atomic mass is 10.2. The van der Waals surface area contributed by atoms with Gasteiger partial charge in [-0.1, -0.05) is 0 Å². The summed E-state index contributed by atoms with van der Waals surface area (Å²) in [6.45, 7) is 5.88. The number of halogens is 3. The van der Waals surface area contributed by atoms with Gasteiger partial charge in [0.05, 0.1) is 24.0 Å². The van der Waals surface area contributed by atoms with Gasteiger partial charge in [-0.3, -0.25) is 0 Å². The molecule has 1 rings (SSSR count). The van der Waals surface area contributed by atoms with Crippen molar-refractivity contribution < 1.29 is 18.6 Å². The lowest BCUT2D eigenvalue weighted by Crippen LogP contribution is -2.30. The van der Waals surface area contributed by atoms with Crippen molar-refractivity contribution in [3.8, 4) is 0 Å². The third-order valence-corrected chi connectivity index (χ3v) is 2.86. The standard InChI is InChI=1S/C13H18BrF2NO2/c1-13(2,3)19-7-9(18)6-17-12-10(14)4-8(15)5-11(12)16/h4-5,9,17-18H,6-7H2,1-3H3. The van der Waals surface area contributed by atoms with Crippen molar-refractivity contribution in [2.45, 2.75) is 32.5 Å². The summed E-state index contributed by atoms with van der Waals surface area (Å²) < 4.78 is 32.1. The number of rotatable bonds is 5. The monoisotopic (exact) mass is 337 g/mol. The maximum atomic E-state index is 13.5. The zero-order valence-corrected chi connectivity index (χ0v) is 12.7. The molecule has 0 bridgehead atoms. The fourth-order valence-corrected chi connectivity index (χ4v) is 1.88. The minimum Gasteiger partial charge on any atom is -0.389 e. The predicted octanol–water partition coefficient (Wildman–Crippen LogP) is 3.32. The summed E-state index contributed by atoms with van der Waals surface area (Å²) in [5, 5.41) is 12.4. The van der Waals surface area contributed by atoms with Crippen LogP contribution in [0.5, 0.6) is 0 Å². The average molecular weight is 338 g/mol. The molecule has 0 heterocycles. The quantitative estimate of drug-likeness (QED) is 0.866. The second-order valence-corrected chi connectivity index (χ2v) is 6.06. The molecule has 0 saturated heterocycles. The number of hydrogen-bond acceptors (Lipinski definition) is 3. The van der Waals surface area contributed by atoms with Crippen molar-refractivity contribution in [1.29, 1.82) is 0 Å². The molecule has 1 aromatic carbocycles. The van der Waals surface area contributed by atoms with E-state index in [-0.39, 0.29) is 28.9 Å². The van der Waals surface area contributed by atoms with Gasteiger partial charge in [-0.2, -0.15) is 0 Å². The van der Waals surface area contributed by atoms with Crippen LogP contribution >= 0.6 is 15.9 Å². The molecular formula is C13H18BrF2NO2. The molecule has 108 valence electrons. The molecule has 3 nitrogen and oxygen atoms in total. The first-order chi connectivity index (χ1) is 8.69. The van der Waals surface area contributed by atoms with Crippen LogP contribution in [0.25, 0.3) is 0 Å². The van der Waals surface area contributed by atoms with Crippen molar-refractivity contribution in [3.05, 3.63) is 28.2 Å². The molecule has 1 aromatic rings. The van der Waals surface area contributed by atoms with E-state index in [1.165, 1.54) is 0 Å². The van der Waals surface area contributed by atoms with Crippen LogP contribution in [0.2, 0.25) is 0 Å². The topological polar surface area (TPSA) is 41.5 Å². The Morgan fingerprint density at radius 3 is 2.53 bits per heavy atom. The van der Waals surface area contributed by atoms with Crippen molar-refractivity contribution >= 4 is 21.6 Å². The molecule has 1 unspecified atom stereocenters. The molecule has 0 aliphatic heterocycles. The highest BCUT2D eigenvalue weighted by molar-refractivity contribution is 9.10. The van der Waals surface area contributed by atoms with Crippen molar-refractivity contribution in [3.63, 3.8) is 0 Å². The largest absolute Gasteiger partial charge is 0.389 e. The van der Waals surface area contributed by atoms with E-state index in [9.17, 15) is 13.9 Å². The highest BCUT2D eigenvalue weighted by Crippen LogP contribution is 2.26. The van der Waals surface area contributed by atoms with E-state index < -0.39 is 17.7 Å². The number of anilines is 1. The van der Waals surface area contributed by atoms with Crippen molar-refractivity contribution in [1.82, 2.24) is 0 Å². The maximum Gasteiger partial charge on any atom is 0.150 e. The van der Waals surface area contributed by atoms with Crippen LogP contribution in [0.3, 0.4) is 0 Å². The van der Waals surface area contributed by atoms with Crippen LogP contribution in [-0.2, 0) is 4.74 Å². The lowest BCUT2D eigenvalue weighted by molar-refractivity contribution is -0.0449. The molecule has 0 fully saturated rings. The van der Waals surface area contributed by atoms with Crippen LogP contribution < -0.4 is 5.32 Å². The second kappa shape index (κ2) is 6.63. The number of ether oxygens (including phenoxy) is 1. The fraction of sp³-hybridized carbons (Fsp3) is 0.538. The van der Waals surface area contributed by atoms with Crippen molar-refractivity contribution in [2.24, 2.45) is 0 Å². The molecule has 0 saturated carbocycles. The molecule has 0 amide bonds. The SMILES string of the molecule is CC(C)(C)OCC(O)CNc1c(F)cc(F)cc1Br. The fourth-order valence-electron chi connectivity index (χ4n) is 1.34. The van der Waals surface area contributed by atoms with E-state index >= 15 is 0 Å². The Kier molecular flexibility index (Phi) is 5.70. The minimum atomic E-state index is -0.782. The summed E-state index contributed by atoms with van der Waals surface area (Å²) in [6, 6.07) is 1.94. The van der Waals surface area contributed by atoms with Crippen LogP contribution in [-0.4, -0.2) is 30.0 Å². The highest BCUT2D eigenvalue weighted by atomic mass is 79.9. The van der Waals surface area contributed by atoms with E-state index in [0.717, 1.165) is 12.1 Å². The molecule has 0 aromatic heterocycles. The van der Waals surface area contributed by atoms with Crippen molar-refractivity contribution in [2.75, 3.05) is 18.5 Å². The number of aliphatic hydroxyl groups excluding tert-OH is 1. The van der Waals surface area contributed by atoms with Gasteiger partial charge in [0.15, 0.2) is 0 Å². The number of hydrogen-bond donors (Lipinski definition) is 2. The van der Waals surface area contributed by atoms with Gasteiger partial charge < -0.3 is 15.2 Å². The molecule has 6 heteroatoms. The zero-order chi connectivity index (χ0) is 14.6.